The van der Waals surface area contributed by atoms with Gasteiger partial charge in [0, 0.05) is 0 Å². The standard InChI is InChI=1S/C11H13ClN2O4/c1-2-5-18-8-3-4-9(13-11(15)7-12)10(6-8)14(16)17/h3-4,6H,2,5,7H2,1H3,(H,13,15). The smallest absolute Gasteiger partial charge is 0.296 e. The molecule has 18 heavy (non-hydrogen) atoms. The molecule has 0 unspecified atom stereocenters. The quantitative estimate of drug-likeness (QED) is 0.490. The van der Waals surface area contributed by atoms with Crippen LogP contribution in [0.25, 0.3) is 0 Å². The molecule has 6 nitrogen and oxygen atoms in total. The first-order valence-corrected chi connectivity index (χ1v) is 5.89. The monoisotopic (exact) mass is 272 g/mol. The Bertz CT molecular complexity index is 451. The number of amides is 1. The van der Waals surface area contributed by atoms with Gasteiger partial charge in [-0.3, -0.25) is 14.9 Å². The predicted octanol–water partition coefficient (Wildman–Crippen LogP) is 2.56. The van der Waals surface area contributed by atoms with Crippen LogP contribution in [0.5, 0.6) is 5.75 Å². The number of nitro groups is 1. The number of benzene rings is 1. The van der Waals surface area contributed by atoms with Crippen LogP contribution in [0.4, 0.5) is 11.4 Å². The fraction of sp³-hybridized carbons (Fsp3) is 0.364. The molecule has 1 aromatic carbocycles. The zero-order chi connectivity index (χ0) is 13.5. The fourth-order valence-corrected chi connectivity index (χ4v) is 1.33. The van der Waals surface area contributed by atoms with E-state index in [0.29, 0.717) is 12.4 Å². The third kappa shape index (κ3) is 3.89. The molecule has 0 aliphatic carbocycles. The Balaban J connectivity index is 2.97. The minimum Gasteiger partial charge on any atom is -0.493 e. The van der Waals surface area contributed by atoms with Crippen molar-refractivity contribution in [2.45, 2.75) is 13.3 Å². The lowest BCUT2D eigenvalue weighted by atomic mass is 10.2. The van der Waals surface area contributed by atoms with Crippen molar-refractivity contribution < 1.29 is 14.5 Å². The third-order valence-electron chi connectivity index (χ3n) is 2.03. The van der Waals surface area contributed by atoms with Gasteiger partial charge in [0.05, 0.1) is 17.6 Å². The van der Waals surface area contributed by atoms with Gasteiger partial charge < -0.3 is 10.1 Å². The fourth-order valence-electron chi connectivity index (χ4n) is 1.26. The first-order chi connectivity index (χ1) is 8.58. The summed E-state index contributed by atoms with van der Waals surface area (Å²) < 4.78 is 5.29. The van der Waals surface area contributed by atoms with Crippen molar-refractivity contribution in [2.24, 2.45) is 0 Å². The average molecular weight is 273 g/mol. The summed E-state index contributed by atoms with van der Waals surface area (Å²) in [6.07, 6.45) is 0.804. The van der Waals surface area contributed by atoms with Crippen LogP contribution >= 0.6 is 11.6 Å². The molecular formula is C11H13ClN2O4. The van der Waals surface area contributed by atoms with E-state index >= 15 is 0 Å². The van der Waals surface area contributed by atoms with E-state index in [1.54, 1.807) is 6.07 Å². The van der Waals surface area contributed by atoms with E-state index in [0.717, 1.165) is 6.42 Å². The summed E-state index contributed by atoms with van der Waals surface area (Å²) in [5, 5.41) is 13.2. The molecule has 0 bridgehead atoms. The largest absolute Gasteiger partial charge is 0.493 e. The van der Waals surface area contributed by atoms with Crippen molar-refractivity contribution in [1.29, 1.82) is 0 Å². The number of rotatable bonds is 6. The Morgan fingerprint density at radius 3 is 2.83 bits per heavy atom. The van der Waals surface area contributed by atoms with E-state index in [1.807, 2.05) is 6.92 Å². The highest BCUT2D eigenvalue weighted by Gasteiger charge is 2.16. The number of halogens is 1. The highest BCUT2D eigenvalue weighted by atomic mass is 35.5. The molecule has 0 saturated carbocycles. The van der Waals surface area contributed by atoms with E-state index in [4.69, 9.17) is 16.3 Å². The Morgan fingerprint density at radius 1 is 1.56 bits per heavy atom. The van der Waals surface area contributed by atoms with E-state index in [1.165, 1.54) is 12.1 Å². The maximum absolute atomic E-state index is 11.1. The molecule has 1 rings (SSSR count). The molecule has 0 atom stereocenters. The second-order valence-electron chi connectivity index (χ2n) is 3.47. The molecule has 1 amide bonds. The van der Waals surface area contributed by atoms with E-state index < -0.39 is 10.8 Å². The van der Waals surface area contributed by atoms with Gasteiger partial charge in [-0.2, -0.15) is 0 Å². The first-order valence-electron chi connectivity index (χ1n) is 5.35. The zero-order valence-corrected chi connectivity index (χ0v) is 10.6. The van der Waals surface area contributed by atoms with Crippen LogP contribution < -0.4 is 10.1 Å². The molecule has 0 aliphatic rings. The second kappa shape index (κ2) is 6.80. The summed E-state index contributed by atoms with van der Waals surface area (Å²) >= 11 is 5.33. The van der Waals surface area contributed by atoms with Crippen LogP contribution in [0, 0.1) is 10.1 Å². The van der Waals surface area contributed by atoms with Gasteiger partial charge in [-0.25, -0.2) is 0 Å². The number of hydrogen-bond acceptors (Lipinski definition) is 4. The van der Waals surface area contributed by atoms with Gasteiger partial charge in [0.1, 0.15) is 17.3 Å². The third-order valence-corrected chi connectivity index (χ3v) is 2.28. The Morgan fingerprint density at radius 2 is 2.28 bits per heavy atom. The molecule has 1 N–H and O–H groups in total. The highest BCUT2D eigenvalue weighted by molar-refractivity contribution is 6.29. The number of nitrogens with zero attached hydrogens (tertiary/aromatic N) is 1. The second-order valence-corrected chi connectivity index (χ2v) is 3.73. The number of hydrogen-bond donors (Lipinski definition) is 1. The van der Waals surface area contributed by atoms with Gasteiger partial charge in [-0.15, -0.1) is 11.6 Å². The summed E-state index contributed by atoms with van der Waals surface area (Å²) in [5.74, 6) is -0.361. The number of carbonyl (C=O) groups is 1. The summed E-state index contributed by atoms with van der Waals surface area (Å²) in [6, 6.07) is 4.26. The van der Waals surface area contributed by atoms with Gasteiger partial charge in [0.15, 0.2) is 0 Å². The maximum Gasteiger partial charge on any atom is 0.296 e. The maximum atomic E-state index is 11.1. The number of nitrogens with one attached hydrogen (secondary N) is 1. The first kappa shape index (κ1) is 14.2. The van der Waals surface area contributed by atoms with Gasteiger partial charge in [-0.05, 0) is 18.6 Å². The Labute approximate surface area is 109 Å². The number of nitro benzene ring substituents is 1. The molecule has 0 aliphatic heterocycles. The summed E-state index contributed by atoms with van der Waals surface area (Å²) in [6.45, 7) is 2.41. The summed E-state index contributed by atoms with van der Waals surface area (Å²) in [5.41, 5.74) is -0.114. The van der Waals surface area contributed by atoms with E-state index in [2.05, 4.69) is 5.32 Å². The van der Waals surface area contributed by atoms with Crippen molar-refractivity contribution in [3.8, 4) is 5.75 Å². The van der Waals surface area contributed by atoms with Crippen LogP contribution in [-0.2, 0) is 4.79 Å². The minimum absolute atomic E-state index is 0.106. The molecule has 0 heterocycles. The lowest BCUT2D eigenvalue weighted by Crippen LogP contribution is -2.13. The van der Waals surface area contributed by atoms with Crippen molar-refractivity contribution in [2.75, 3.05) is 17.8 Å². The molecule has 0 radical (unpaired) electrons. The van der Waals surface area contributed by atoms with Crippen LogP contribution in [0.15, 0.2) is 18.2 Å². The Kier molecular flexibility index (Phi) is 5.38. The van der Waals surface area contributed by atoms with Crippen molar-refractivity contribution in [3.05, 3.63) is 28.3 Å². The highest BCUT2D eigenvalue weighted by Crippen LogP contribution is 2.29. The van der Waals surface area contributed by atoms with Gasteiger partial charge in [0.25, 0.3) is 5.69 Å². The zero-order valence-electron chi connectivity index (χ0n) is 9.81. The number of alkyl halides is 1. The van der Waals surface area contributed by atoms with Crippen LogP contribution in [-0.4, -0.2) is 23.3 Å². The molecule has 7 heteroatoms. The Hall–Kier alpha value is -1.82. The SMILES string of the molecule is CCCOc1ccc(NC(=O)CCl)c([N+](=O)[O-])c1. The lowest BCUT2D eigenvalue weighted by Gasteiger charge is -2.07. The van der Waals surface area contributed by atoms with Crippen molar-refractivity contribution >= 4 is 28.9 Å². The van der Waals surface area contributed by atoms with Crippen LogP contribution in [0.1, 0.15) is 13.3 Å². The normalized spacial score (nSPS) is 9.89. The van der Waals surface area contributed by atoms with E-state index in [-0.39, 0.29) is 17.3 Å². The molecule has 0 saturated heterocycles. The summed E-state index contributed by atoms with van der Waals surface area (Å²) in [7, 11) is 0. The topological polar surface area (TPSA) is 81.5 Å². The van der Waals surface area contributed by atoms with Gasteiger partial charge in [0.2, 0.25) is 5.91 Å². The lowest BCUT2D eigenvalue weighted by molar-refractivity contribution is -0.384. The van der Waals surface area contributed by atoms with Gasteiger partial charge >= 0.3 is 0 Å². The average Bonchev–Trinajstić information content (AvgIpc) is 2.37. The molecule has 1 aromatic rings. The molecule has 0 aromatic heterocycles. The summed E-state index contributed by atoms with van der Waals surface area (Å²) in [4.78, 5) is 21.4. The van der Waals surface area contributed by atoms with Crippen molar-refractivity contribution in [1.82, 2.24) is 0 Å². The molecular weight excluding hydrogens is 260 g/mol. The molecule has 0 spiro atoms. The predicted molar refractivity (Wildman–Crippen MR) is 68.2 cm³/mol. The van der Waals surface area contributed by atoms with Crippen molar-refractivity contribution in [3.63, 3.8) is 0 Å². The number of anilines is 1. The van der Waals surface area contributed by atoms with E-state index in [9.17, 15) is 14.9 Å². The molecule has 0 fully saturated rings. The van der Waals surface area contributed by atoms with Gasteiger partial charge in [-0.1, -0.05) is 6.92 Å². The number of carbonyl (C=O) groups excluding carboxylic acids is 1. The number of ether oxygens (including phenoxy) is 1. The van der Waals surface area contributed by atoms with Crippen LogP contribution in [0.3, 0.4) is 0 Å². The van der Waals surface area contributed by atoms with Crippen LogP contribution in [0.2, 0.25) is 0 Å². The molecule has 98 valence electrons. The minimum atomic E-state index is -0.581.